The van der Waals surface area contributed by atoms with Gasteiger partial charge in [0.1, 0.15) is 0 Å². The van der Waals surface area contributed by atoms with E-state index in [1.54, 1.807) is 0 Å². The molecule has 0 spiro atoms. The van der Waals surface area contributed by atoms with Gasteiger partial charge in [0.2, 0.25) is 5.91 Å². The summed E-state index contributed by atoms with van der Waals surface area (Å²) in [5.41, 5.74) is 3.75. The van der Waals surface area contributed by atoms with Crippen LogP contribution in [0.15, 0.2) is 24.4 Å². The highest BCUT2D eigenvalue weighted by Crippen LogP contribution is 2.22. The van der Waals surface area contributed by atoms with Crippen LogP contribution < -0.4 is 10.6 Å². The summed E-state index contributed by atoms with van der Waals surface area (Å²) in [5.74, 6) is 0.866. The van der Waals surface area contributed by atoms with Crippen LogP contribution in [-0.2, 0) is 11.2 Å². The monoisotopic (exact) mass is 299 g/mol. The van der Waals surface area contributed by atoms with Crippen molar-refractivity contribution in [3.8, 4) is 0 Å². The smallest absolute Gasteiger partial charge is 0.220 e. The maximum atomic E-state index is 11.9. The zero-order valence-electron chi connectivity index (χ0n) is 13.2. The van der Waals surface area contributed by atoms with Crippen LogP contribution >= 0.6 is 0 Å². The van der Waals surface area contributed by atoms with Gasteiger partial charge < -0.3 is 15.6 Å². The maximum Gasteiger partial charge on any atom is 0.220 e. The lowest BCUT2D eigenvalue weighted by Gasteiger charge is -2.08. The normalized spacial score (nSPS) is 18.0. The molecule has 22 heavy (non-hydrogen) atoms. The largest absolute Gasteiger partial charge is 0.361 e. The highest BCUT2D eigenvalue weighted by atomic mass is 16.1. The fraction of sp³-hybridized carbons (Fsp3) is 0.500. The molecule has 1 fully saturated rings. The third-order valence-corrected chi connectivity index (χ3v) is 4.65. The molecule has 1 atom stereocenters. The van der Waals surface area contributed by atoms with E-state index < -0.39 is 0 Å². The van der Waals surface area contributed by atoms with Crippen molar-refractivity contribution in [3.63, 3.8) is 0 Å². The van der Waals surface area contributed by atoms with E-state index in [0.29, 0.717) is 18.9 Å². The van der Waals surface area contributed by atoms with Crippen LogP contribution in [0.4, 0.5) is 0 Å². The molecule has 3 N–H and O–H groups in total. The zero-order chi connectivity index (χ0) is 15.4. The summed E-state index contributed by atoms with van der Waals surface area (Å²) in [6, 6.07) is 6.30. The molecule has 118 valence electrons. The first-order valence-corrected chi connectivity index (χ1v) is 8.27. The Morgan fingerprint density at radius 2 is 2.32 bits per heavy atom. The van der Waals surface area contributed by atoms with Gasteiger partial charge in [0.25, 0.3) is 0 Å². The van der Waals surface area contributed by atoms with Gasteiger partial charge in [0.15, 0.2) is 0 Å². The van der Waals surface area contributed by atoms with Gasteiger partial charge in [-0.2, -0.15) is 0 Å². The minimum absolute atomic E-state index is 0.184. The second-order valence-electron chi connectivity index (χ2n) is 6.31. The van der Waals surface area contributed by atoms with Crippen molar-refractivity contribution < 1.29 is 4.79 Å². The van der Waals surface area contributed by atoms with Gasteiger partial charge in [0.05, 0.1) is 0 Å². The van der Waals surface area contributed by atoms with E-state index in [2.05, 4.69) is 46.9 Å². The van der Waals surface area contributed by atoms with Crippen molar-refractivity contribution >= 4 is 16.8 Å². The first-order valence-electron chi connectivity index (χ1n) is 8.27. The van der Waals surface area contributed by atoms with Crippen molar-refractivity contribution in [2.45, 2.75) is 32.6 Å². The van der Waals surface area contributed by atoms with Gasteiger partial charge in [-0.3, -0.25) is 4.79 Å². The van der Waals surface area contributed by atoms with Gasteiger partial charge >= 0.3 is 0 Å². The van der Waals surface area contributed by atoms with Crippen molar-refractivity contribution in [3.05, 3.63) is 35.5 Å². The molecule has 3 rings (SSSR count). The molecule has 2 heterocycles. The van der Waals surface area contributed by atoms with E-state index >= 15 is 0 Å². The van der Waals surface area contributed by atoms with E-state index in [1.807, 2.05) is 0 Å². The van der Waals surface area contributed by atoms with Crippen LogP contribution in [0, 0.1) is 12.8 Å². The van der Waals surface area contributed by atoms with E-state index in [9.17, 15) is 4.79 Å². The molecule has 0 bridgehead atoms. The SMILES string of the molecule is Cc1cccc2[nH]cc(CCNC(=O)CCC3CCNC3)c12. The Morgan fingerprint density at radius 1 is 1.41 bits per heavy atom. The second kappa shape index (κ2) is 6.97. The number of aryl methyl sites for hydroxylation is 1. The van der Waals surface area contributed by atoms with Gasteiger partial charge in [-0.25, -0.2) is 0 Å². The molecule has 1 aromatic heterocycles. The average Bonchev–Trinajstić information content (AvgIpc) is 3.15. The number of aromatic nitrogens is 1. The molecular formula is C18H25N3O. The number of hydrogen-bond donors (Lipinski definition) is 3. The molecule has 4 nitrogen and oxygen atoms in total. The van der Waals surface area contributed by atoms with Crippen molar-refractivity contribution in [1.29, 1.82) is 0 Å². The number of fused-ring (bicyclic) bond motifs is 1. The Hall–Kier alpha value is -1.81. The maximum absolute atomic E-state index is 11.9. The van der Waals surface area contributed by atoms with E-state index in [1.165, 1.54) is 28.5 Å². The molecule has 1 aromatic carbocycles. The van der Waals surface area contributed by atoms with Gasteiger partial charge in [-0.15, -0.1) is 0 Å². The summed E-state index contributed by atoms with van der Waals surface area (Å²) in [4.78, 5) is 15.2. The lowest BCUT2D eigenvalue weighted by molar-refractivity contribution is -0.121. The number of aromatic amines is 1. The number of carbonyl (C=O) groups is 1. The molecular weight excluding hydrogens is 274 g/mol. The third kappa shape index (κ3) is 3.50. The highest BCUT2D eigenvalue weighted by Gasteiger charge is 2.15. The summed E-state index contributed by atoms with van der Waals surface area (Å²) in [6.45, 7) is 5.02. The molecule has 1 amide bonds. The summed E-state index contributed by atoms with van der Waals surface area (Å²) in [5, 5.41) is 7.70. The number of rotatable bonds is 6. The van der Waals surface area contributed by atoms with E-state index in [4.69, 9.17) is 0 Å². The first kappa shape index (κ1) is 15.1. The molecule has 0 saturated carbocycles. The lowest BCUT2D eigenvalue weighted by Crippen LogP contribution is -2.26. The quantitative estimate of drug-likeness (QED) is 0.767. The molecule has 0 aliphatic carbocycles. The molecule has 1 saturated heterocycles. The van der Waals surface area contributed by atoms with Gasteiger partial charge in [-0.05, 0) is 62.4 Å². The molecule has 1 aliphatic rings. The van der Waals surface area contributed by atoms with Crippen LogP contribution in [-0.4, -0.2) is 30.5 Å². The number of nitrogens with one attached hydrogen (secondary N) is 3. The van der Waals surface area contributed by atoms with Crippen molar-refractivity contribution in [2.24, 2.45) is 5.92 Å². The second-order valence-corrected chi connectivity index (χ2v) is 6.31. The Morgan fingerprint density at radius 3 is 3.14 bits per heavy atom. The van der Waals surface area contributed by atoms with Crippen LogP contribution in [0.25, 0.3) is 10.9 Å². The summed E-state index contributed by atoms with van der Waals surface area (Å²) in [6.07, 6.45) is 5.81. The molecule has 1 aliphatic heterocycles. The zero-order valence-corrected chi connectivity index (χ0v) is 13.2. The number of hydrogen-bond acceptors (Lipinski definition) is 2. The van der Waals surface area contributed by atoms with Gasteiger partial charge in [-0.1, -0.05) is 12.1 Å². The lowest BCUT2D eigenvalue weighted by atomic mass is 10.0. The fourth-order valence-electron chi connectivity index (χ4n) is 3.37. The first-order chi connectivity index (χ1) is 10.7. The topological polar surface area (TPSA) is 56.9 Å². The van der Waals surface area contributed by atoms with Crippen molar-refractivity contribution in [2.75, 3.05) is 19.6 Å². The molecule has 4 heteroatoms. The summed E-state index contributed by atoms with van der Waals surface area (Å²) < 4.78 is 0. The Kier molecular flexibility index (Phi) is 4.78. The number of benzene rings is 1. The third-order valence-electron chi connectivity index (χ3n) is 4.65. The number of H-pyrrole nitrogens is 1. The van der Waals surface area contributed by atoms with Crippen LogP contribution in [0.2, 0.25) is 0 Å². The Balaban J connectivity index is 1.46. The van der Waals surface area contributed by atoms with Crippen LogP contribution in [0.5, 0.6) is 0 Å². The van der Waals surface area contributed by atoms with E-state index in [0.717, 1.165) is 25.9 Å². The minimum Gasteiger partial charge on any atom is -0.361 e. The molecule has 1 unspecified atom stereocenters. The standard InChI is InChI=1S/C18H25N3O/c1-13-3-2-4-16-18(13)15(12-21-16)8-10-20-17(22)6-5-14-7-9-19-11-14/h2-4,12,14,19,21H,5-11H2,1H3,(H,20,22). The summed E-state index contributed by atoms with van der Waals surface area (Å²) >= 11 is 0. The Labute approximate surface area is 131 Å². The predicted octanol–water partition coefficient (Wildman–Crippen LogP) is 2.52. The van der Waals surface area contributed by atoms with Crippen molar-refractivity contribution in [1.82, 2.24) is 15.6 Å². The molecule has 2 aromatic rings. The molecule has 0 radical (unpaired) electrons. The van der Waals surface area contributed by atoms with Crippen LogP contribution in [0.1, 0.15) is 30.4 Å². The fourth-order valence-corrected chi connectivity index (χ4v) is 3.37. The number of amides is 1. The number of carbonyl (C=O) groups excluding carboxylic acids is 1. The highest BCUT2D eigenvalue weighted by molar-refractivity contribution is 5.86. The Bertz CT molecular complexity index is 641. The average molecular weight is 299 g/mol. The predicted molar refractivity (Wildman–Crippen MR) is 90.0 cm³/mol. The van der Waals surface area contributed by atoms with Crippen LogP contribution in [0.3, 0.4) is 0 Å². The van der Waals surface area contributed by atoms with E-state index in [-0.39, 0.29) is 5.91 Å². The minimum atomic E-state index is 0.184. The van der Waals surface area contributed by atoms with Gasteiger partial charge in [0, 0.05) is 30.1 Å². The summed E-state index contributed by atoms with van der Waals surface area (Å²) in [7, 11) is 0.